The number of hydrogen-bond donors (Lipinski definition) is 3. The summed E-state index contributed by atoms with van der Waals surface area (Å²) in [6.07, 6.45) is 11.8. The van der Waals surface area contributed by atoms with Gasteiger partial charge >= 0.3 is 0 Å². The number of carbonyl (C=O) groups is 1. The molecule has 4 bridgehead atoms. The number of nitrogens with zero attached hydrogens (tertiary/aromatic N) is 4. The van der Waals surface area contributed by atoms with Crippen molar-refractivity contribution in [3.8, 4) is 11.5 Å². The summed E-state index contributed by atoms with van der Waals surface area (Å²) in [6, 6.07) is 2.29. The largest absolute Gasteiger partial charge is 0.390 e. The number of nitrogens with one attached hydrogen (secondary N) is 2. The van der Waals surface area contributed by atoms with E-state index in [0.29, 0.717) is 29.2 Å². The van der Waals surface area contributed by atoms with Crippen molar-refractivity contribution in [2.75, 3.05) is 18.4 Å². The smallest absolute Gasteiger partial charge is 0.295 e. The number of pyridine rings is 1. The molecule has 8 rings (SSSR count). The average Bonchev–Trinajstić information content (AvgIpc) is 3.50. The molecule has 3 aromatic rings. The third-order valence-corrected chi connectivity index (χ3v) is 8.63. The molecule has 0 aromatic carbocycles. The Balaban J connectivity index is 1.23. The third kappa shape index (κ3) is 3.24. The molecule has 2 unspecified atom stereocenters. The number of likely N-dealkylation sites (tertiary alicyclic amines) is 1. The number of aromatic amines is 1. The van der Waals surface area contributed by atoms with Gasteiger partial charge in [0, 0.05) is 36.9 Å². The maximum absolute atomic E-state index is 12.9. The van der Waals surface area contributed by atoms with Crippen LogP contribution in [0.1, 0.15) is 62.0 Å². The molecule has 5 fully saturated rings. The van der Waals surface area contributed by atoms with Crippen LogP contribution in [0.2, 0.25) is 0 Å². The predicted octanol–water partition coefficient (Wildman–Crippen LogP) is 3.59. The van der Waals surface area contributed by atoms with Crippen LogP contribution in [0.4, 0.5) is 5.69 Å². The Morgan fingerprint density at radius 1 is 1.18 bits per heavy atom. The molecule has 1 aliphatic heterocycles. The summed E-state index contributed by atoms with van der Waals surface area (Å²) in [5.41, 5.74) is 1.94. The quantitative estimate of drug-likeness (QED) is 0.542. The number of H-pyrrole nitrogens is 1. The first-order valence-corrected chi connectivity index (χ1v) is 12.6. The Hall–Kier alpha value is -2.94. The number of carbonyl (C=O) groups excluding carboxylic acids is 1. The molecule has 2 atom stereocenters. The second-order valence-corrected chi connectivity index (χ2v) is 10.9. The van der Waals surface area contributed by atoms with Gasteiger partial charge < -0.3 is 24.8 Å². The molecule has 178 valence electrons. The van der Waals surface area contributed by atoms with Gasteiger partial charge in [0.25, 0.3) is 17.6 Å². The van der Waals surface area contributed by atoms with Crippen LogP contribution in [-0.2, 0) is 0 Å². The molecule has 4 aliphatic carbocycles. The van der Waals surface area contributed by atoms with Crippen LogP contribution in [0.5, 0.6) is 0 Å². The van der Waals surface area contributed by atoms with E-state index in [1.165, 1.54) is 12.8 Å². The summed E-state index contributed by atoms with van der Waals surface area (Å²) in [4.78, 5) is 27.0. The van der Waals surface area contributed by atoms with Crippen LogP contribution in [0, 0.1) is 17.8 Å². The van der Waals surface area contributed by atoms with Gasteiger partial charge in [0.05, 0.1) is 16.9 Å². The van der Waals surface area contributed by atoms with Crippen molar-refractivity contribution in [2.24, 2.45) is 17.8 Å². The summed E-state index contributed by atoms with van der Waals surface area (Å²) in [5, 5.41) is 19.8. The van der Waals surface area contributed by atoms with E-state index < -0.39 is 5.60 Å². The van der Waals surface area contributed by atoms with Gasteiger partial charge in [0.1, 0.15) is 5.65 Å². The van der Waals surface area contributed by atoms with E-state index in [4.69, 9.17) is 4.52 Å². The maximum atomic E-state index is 12.9. The summed E-state index contributed by atoms with van der Waals surface area (Å²) in [5.74, 6) is 1.78. The molecule has 3 N–H and O–H groups in total. The Morgan fingerprint density at radius 2 is 1.97 bits per heavy atom. The first-order valence-electron chi connectivity index (χ1n) is 12.6. The fourth-order valence-electron chi connectivity index (χ4n) is 7.37. The normalized spacial score (nSPS) is 32.4. The number of amides is 1. The molecule has 1 saturated heterocycles. The molecular weight excluding hydrogens is 432 g/mol. The Bertz CT molecular complexity index is 1230. The van der Waals surface area contributed by atoms with E-state index in [1.807, 2.05) is 17.2 Å². The van der Waals surface area contributed by atoms with Crippen molar-refractivity contribution < 1.29 is 14.4 Å². The summed E-state index contributed by atoms with van der Waals surface area (Å²) in [7, 11) is 0. The van der Waals surface area contributed by atoms with E-state index in [-0.39, 0.29) is 17.8 Å². The molecule has 9 heteroatoms. The van der Waals surface area contributed by atoms with E-state index in [9.17, 15) is 9.90 Å². The molecule has 1 amide bonds. The van der Waals surface area contributed by atoms with Crippen molar-refractivity contribution in [2.45, 2.75) is 63.0 Å². The minimum absolute atomic E-state index is 0.105. The average molecular weight is 463 g/mol. The van der Waals surface area contributed by atoms with Crippen LogP contribution >= 0.6 is 0 Å². The number of aliphatic hydroxyl groups is 1. The van der Waals surface area contributed by atoms with Crippen molar-refractivity contribution >= 4 is 22.6 Å². The number of fused-ring (bicyclic) bond motifs is 1. The van der Waals surface area contributed by atoms with Crippen LogP contribution < -0.4 is 5.32 Å². The molecule has 34 heavy (non-hydrogen) atoms. The molecule has 0 spiro atoms. The van der Waals surface area contributed by atoms with E-state index in [0.717, 1.165) is 68.3 Å². The van der Waals surface area contributed by atoms with Crippen LogP contribution in [0.3, 0.4) is 0 Å². The summed E-state index contributed by atoms with van der Waals surface area (Å²) < 4.78 is 5.61. The highest BCUT2D eigenvalue weighted by molar-refractivity contribution is 5.97. The van der Waals surface area contributed by atoms with E-state index in [2.05, 4.69) is 25.4 Å². The summed E-state index contributed by atoms with van der Waals surface area (Å²) >= 11 is 0. The lowest BCUT2D eigenvalue weighted by atomic mass is 9.52. The van der Waals surface area contributed by atoms with Crippen molar-refractivity contribution in [1.82, 2.24) is 25.0 Å². The minimum atomic E-state index is -0.477. The zero-order chi connectivity index (χ0) is 22.9. The van der Waals surface area contributed by atoms with Gasteiger partial charge in [0.15, 0.2) is 0 Å². The number of hydrogen-bond acceptors (Lipinski definition) is 7. The lowest BCUT2D eigenvalue weighted by Crippen LogP contribution is -2.59. The zero-order valence-electron chi connectivity index (χ0n) is 19.2. The molecular formula is C25H30N6O3. The topological polar surface area (TPSA) is 120 Å². The minimum Gasteiger partial charge on any atom is -0.390 e. The molecule has 0 radical (unpaired) electrons. The van der Waals surface area contributed by atoms with Gasteiger partial charge in [0.2, 0.25) is 0 Å². The predicted molar refractivity (Wildman–Crippen MR) is 125 cm³/mol. The standard InChI is InChI=1S/C25H30N6O3/c32-24(31-6-2-1-3-7-31)22-29-23(34-30-22)18-13-27-21-17(4-5-26-21)20(18)28-19-15-8-14-9-16(19)12-25(33,10-14)11-15/h4-5,13-16,19,33H,1-3,6-12H2,(H2,26,27,28). The van der Waals surface area contributed by atoms with E-state index >= 15 is 0 Å². The molecule has 4 heterocycles. The highest BCUT2D eigenvalue weighted by atomic mass is 16.5. The highest BCUT2D eigenvalue weighted by Crippen LogP contribution is 2.56. The molecule has 4 saturated carbocycles. The van der Waals surface area contributed by atoms with Gasteiger partial charge in [-0.15, -0.1) is 0 Å². The van der Waals surface area contributed by atoms with Crippen molar-refractivity contribution in [3.63, 3.8) is 0 Å². The second kappa shape index (κ2) is 7.53. The lowest BCUT2D eigenvalue weighted by molar-refractivity contribution is -0.129. The first kappa shape index (κ1) is 20.4. The maximum Gasteiger partial charge on any atom is 0.295 e. The fraction of sp³-hybridized carbons (Fsp3) is 0.600. The molecule has 3 aromatic heterocycles. The van der Waals surface area contributed by atoms with E-state index in [1.54, 1.807) is 6.20 Å². The number of piperidine rings is 1. The third-order valence-electron chi connectivity index (χ3n) is 8.63. The SMILES string of the molecule is O=C(c1noc(-c2cnc3[nH]ccc3c2NC2C3CC4CC2CC(O)(C4)C3)n1)N1CCCCC1. The van der Waals surface area contributed by atoms with Gasteiger partial charge in [-0.05, 0) is 75.2 Å². The first-order chi connectivity index (χ1) is 16.6. The number of anilines is 1. The Morgan fingerprint density at radius 3 is 2.74 bits per heavy atom. The Kier molecular flexibility index (Phi) is 4.53. The van der Waals surface area contributed by atoms with Gasteiger partial charge in [-0.2, -0.15) is 4.98 Å². The highest BCUT2D eigenvalue weighted by Gasteiger charge is 2.54. The molecule has 9 nitrogen and oxygen atoms in total. The van der Waals surface area contributed by atoms with Crippen LogP contribution in [0.25, 0.3) is 22.5 Å². The van der Waals surface area contributed by atoms with Gasteiger partial charge in [-0.3, -0.25) is 4.79 Å². The van der Waals surface area contributed by atoms with Gasteiger partial charge in [-0.25, -0.2) is 4.98 Å². The van der Waals surface area contributed by atoms with Gasteiger partial charge in [-0.1, -0.05) is 5.16 Å². The van der Waals surface area contributed by atoms with Crippen molar-refractivity contribution in [3.05, 3.63) is 24.3 Å². The van der Waals surface area contributed by atoms with Crippen molar-refractivity contribution in [1.29, 1.82) is 0 Å². The number of rotatable bonds is 4. The van der Waals surface area contributed by atoms with Crippen LogP contribution in [0.15, 0.2) is 23.0 Å². The zero-order valence-corrected chi connectivity index (χ0v) is 19.2. The Labute approximate surface area is 197 Å². The number of aromatic nitrogens is 4. The molecule has 5 aliphatic rings. The fourth-order valence-corrected chi connectivity index (χ4v) is 7.37. The lowest BCUT2D eigenvalue weighted by Gasteiger charge is -2.58. The second-order valence-electron chi connectivity index (χ2n) is 10.9. The monoisotopic (exact) mass is 462 g/mol. The van der Waals surface area contributed by atoms with Crippen LogP contribution in [-0.4, -0.2) is 60.8 Å². The summed E-state index contributed by atoms with van der Waals surface area (Å²) in [6.45, 7) is 1.48.